The molecule has 9 heteroatoms. The van der Waals surface area contributed by atoms with Crippen molar-refractivity contribution >= 4 is 10.4 Å². The average Bonchev–Trinajstić information content (AvgIpc) is 2.70. The molecule has 0 aromatic carbocycles. The van der Waals surface area contributed by atoms with Crippen LogP contribution in [0.4, 0.5) is 0 Å². The van der Waals surface area contributed by atoms with E-state index in [1.807, 2.05) is 0 Å². The molecule has 104 valence electrons. The molecule has 1 fully saturated rings. The zero-order valence-electron chi connectivity index (χ0n) is 12.3. The average molecular weight is 314 g/mol. The van der Waals surface area contributed by atoms with Crippen LogP contribution in [0.2, 0.25) is 0 Å². The van der Waals surface area contributed by atoms with E-state index in [0.717, 1.165) is 13.0 Å². The molecule has 0 amide bonds. The Balaban J connectivity index is -0.000000320. The zero-order valence-corrected chi connectivity index (χ0v) is 17.1. The molecule has 1 heterocycles. The largest absolute Gasteiger partial charge is 1.00 e. The van der Waals surface area contributed by atoms with Gasteiger partial charge in [0.1, 0.15) is 0 Å². The second-order valence-corrected chi connectivity index (χ2v) is 4.78. The molecule has 1 saturated heterocycles. The summed E-state index contributed by atoms with van der Waals surface area (Å²) in [5, 5.41) is 0. The summed E-state index contributed by atoms with van der Waals surface area (Å²) < 4.78 is 34.1. The Hall–Kier alpha value is 1.79. The molecule has 1 rings (SSSR count). The SMILES string of the molecule is CCCCC(CC)C1CCOO1.O=S(=O)([O-])[O-].[Na+].[Na+]. The molecule has 0 aliphatic carbocycles. The van der Waals surface area contributed by atoms with Crippen LogP contribution in [0.1, 0.15) is 46.0 Å². The summed E-state index contributed by atoms with van der Waals surface area (Å²) in [6.07, 6.45) is 6.57. The molecule has 6 nitrogen and oxygen atoms in total. The molecule has 2 unspecified atom stereocenters. The topological polar surface area (TPSA) is 98.7 Å². The van der Waals surface area contributed by atoms with Gasteiger partial charge in [0.05, 0.1) is 12.7 Å². The van der Waals surface area contributed by atoms with Gasteiger partial charge >= 0.3 is 59.1 Å². The number of hydrogen-bond donors (Lipinski definition) is 0. The smallest absolute Gasteiger partial charge is 0.759 e. The molecule has 0 spiro atoms. The summed E-state index contributed by atoms with van der Waals surface area (Å²) in [4.78, 5) is 10.1. The fourth-order valence-electron chi connectivity index (χ4n) is 1.78. The molecular formula is C10H20Na2O6S. The first-order valence-corrected chi connectivity index (χ1v) is 7.16. The van der Waals surface area contributed by atoms with Crippen molar-refractivity contribution in [1.29, 1.82) is 0 Å². The zero-order chi connectivity index (χ0) is 13.3. The maximum Gasteiger partial charge on any atom is 1.00 e. The van der Waals surface area contributed by atoms with Gasteiger partial charge in [-0.1, -0.05) is 33.1 Å². The van der Waals surface area contributed by atoms with E-state index in [1.165, 1.54) is 25.7 Å². The Bertz CT molecular complexity index is 272. The second kappa shape index (κ2) is 14.7. The Labute approximate surface area is 160 Å². The molecular weight excluding hydrogens is 294 g/mol. The fraction of sp³-hybridized carbons (Fsp3) is 1.00. The van der Waals surface area contributed by atoms with Crippen LogP contribution in [0.15, 0.2) is 0 Å². The van der Waals surface area contributed by atoms with Gasteiger partial charge in [-0.05, 0) is 12.3 Å². The van der Waals surface area contributed by atoms with Gasteiger partial charge in [-0.3, -0.25) is 8.42 Å². The Morgan fingerprint density at radius 2 is 1.79 bits per heavy atom. The van der Waals surface area contributed by atoms with E-state index in [4.69, 9.17) is 27.3 Å². The van der Waals surface area contributed by atoms with Crippen molar-refractivity contribution in [2.45, 2.75) is 52.1 Å². The molecule has 19 heavy (non-hydrogen) atoms. The molecule has 1 aliphatic rings. The third kappa shape index (κ3) is 17.7. The Kier molecular flexibility index (Phi) is 19.9. The van der Waals surface area contributed by atoms with Crippen LogP contribution in [0, 0.1) is 5.92 Å². The molecule has 0 N–H and O–H groups in total. The summed E-state index contributed by atoms with van der Waals surface area (Å²) in [7, 11) is -5.17. The molecule has 0 aromatic heterocycles. The molecule has 2 atom stereocenters. The van der Waals surface area contributed by atoms with Crippen LogP contribution in [-0.2, 0) is 20.2 Å². The van der Waals surface area contributed by atoms with Crippen LogP contribution in [-0.4, -0.2) is 30.2 Å². The molecule has 0 saturated carbocycles. The van der Waals surface area contributed by atoms with E-state index in [1.54, 1.807) is 0 Å². The van der Waals surface area contributed by atoms with E-state index < -0.39 is 10.4 Å². The van der Waals surface area contributed by atoms with Crippen molar-refractivity contribution in [3.05, 3.63) is 0 Å². The van der Waals surface area contributed by atoms with Crippen molar-refractivity contribution in [1.82, 2.24) is 0 Å². The third-order valence-corrected chi connectivity index (χ3v) is 2.66. The summed E-state index contributed by atoms with van der Waals surface area (Å²) >= 11 is 0. The van der Waals surface area contributed by atoms with Gasteiger partial charge in [0.2, 0.25) is 0 Å². The van der Waals surface area contributed by atoms with E-state index in [9.17, 15) is 0 Å². The molecule has 1 aliphatic heterocycles. The first-order chi connectivity index (χ1) is 7.88. The number of hydrogen-bond acceptors (Lipinski definition) is 6. The maximum absolute atomic E-state index is 8.52. The minimum absolute atomic E-state index is 0. The summed E-state index contributed by atoms with van der Waals surface area (Å²) in [6, 6.07) is 0. The molecule has 0 aromatic rings. The van der Waals surface area contributed by atoms with Gasteiger partial charge in [-0.25, -0.2) is 9.78 Å². The summed E-state index contributed by atoms with van der Waals surface area (Å²) in [5.41, 5.74) is 0. The van der Waals surface area contributed by atoms with Crippen LogP contribution in [0.3, 0.4) is 0 Å². The quantitative estimate of drug-likeness (QED) is 0.220. The Morgan fingerprint density at radius 1 is 1.26 bits per heavy atom. The second-order valence-electron chi connectivity index (χ2n) is 3.96. The van der Waals surface area contributed by atoms with Gasteiger partial charge < -0.3 is 9.11 Å². The Morgan fingerprint density at radius 3 is 2.11 bits per heavy atom. The number of rotatable bonds is 5. The third-order valence-electron chi connectivity index (χ3n) is 2.66. The van der Waals surface area contributed by atoms with E-state index in [0.29, 0.717) is 12.0 Å². The van der Waals surface area contributed by atoms with Crippen molar-refractivity contribution in [3.63, 3.8) is 0 Å². The van der Waals surface area contributed by atoms with E-state index >= 15 is 0 Å². The minimum atomic E-state index is -5.17. The first kappa shape index (κ1) is 25.7. The van der Waals surface area contributed by atoms with E-state index in [2.05, 4.69) is 13.8 Å². The van der Waals surface area contributed by atoms with Gasteiger partial charge in [-0.2, -0.15) is 0 Å². The monoisotopic (exact) mass is 314 g/mol. The van der Waals surface area contributed by atoms with E-state index in [-0.39, 0.29) is 59.1 Å². The minimum Gasteiger partial charge on any atom is -0.759 e. The first-order valence-electron chi connectivity index (χ1n) is 5.83. The van der Waals surface area contributed by atoms with Crippen molar-refractivity contribution in [2.75, 3.05) is 6.61 Å². The standard InChI is InChI=1S/C10H20O2.2Na.H2O4S/c1-3-5-6-9(4-2)10-7-8-11-12-10;;;1-5(2,3)4/h9-10H,3-8H2,1-2H3;;;(H2,1,2,3,4)/q;2*+1;/p-2. The number of unbranched alkanes of at least 4 members (excludes halogenated alkanes) is 1. The van der Waals surface area contributed by atoms with Crippen molar-refractivity contribution in [3.8, 4) is 0 Å². The van der Waals surface area contributed by atoms with Gasteiger partial charge in [0, 0.05) is 16.8 Å². The van der Waals surface area contributed by atoms with Gasteiger partial charge in [-0.15, -0.1) is 0 Å². The molecule has 0 bridgehead atoms. The van der Waals surface area contributed by atoms with Crippen LogP contribution >= 0.6 is 0 Å². The maximum atomic E-state index is 8.52. The predicted octanol–water partition coefficient (Wildman–Crippen LogP) is -4.41. The van der Waals surface area contributed by atoms with Gasteiger partial charge in [0.15, 0.2) is 0 Å². The van der Waals surface area contributed by atoms with Crippen molar-refractivity contribution < 1.29 is 86.4 Å². The summed E-state index contributed by atoms with van der Waals surface area (Å²) in [6.45, 7) is 5.26. The normalized spacial score (nSPS) is 19.5. The summed E-state index contributed by atoms with van der Waals surface area (Å²) in [5.74, 6) is 0.715. The van der Waals surface area contributed by atoms with Gasteiger partial charge in [0.25, 0.3) is 0 Å². The van der Waals surface area contributed by atoms with Crippen LogP contribution < -0.4 is 59.1 Å². The van der Waals surface area contributed by atoms with Crippen LogP contribution in [0.5, 0.6) is 0 Å². The molecule has 0 radical (unpaired) electrons. The van der Waals surface area contributed by atoms with Crippen LogP contribution in [0.25, 0.3) is 0 Å². The van der Waals surface area contributed by atoms with Crippen molar-refractivity contribution in [2.24, 2.45) is 5.92 Å². The fourth-order valence-corrected chi connectivity index (χ4v) is 1.78. The predicted molar refractivity (Wildman–Crippen MR) is 59.2 cm³/mol.